The van der Waals surface area contributed by atoms with Crippen LogP contribution in [0.3, 0.4) is 0 Å². The number of hydrogen-bond donors (Lipinski definition) is 0. The van der Waals surface area contributed by atoms with Crippen molar-refractivity contribution in [2.24, 2.45) is 0 Å². The first-order valence-electron chi connectivity index (χ1n) is 5.04. The Hall–Kier alpha value is -1.46. The molecule has 0 aliphatic heterocycles. The molecule has 19 heavy (non-hydrogen) atoms. The van der Waals surface area contributed by atoms with Gasteiger partial charge in [0.25, 0.3) is 5.88 Å². The maximum absolute atomic E-state index is 13.5. The second-order valence-corrected chi connectivity index (χ2v) is 4.28. The molecule has 7 heteroatoms. The van der Waals surface area contributed by atoms with Crippen LogP contribution >= 0.6 is 23.2 Å². The minimum absolute atomic E-state index is 0.230. The van der Waals surface area contributed by atoms with E-state index in [-0.39, 0.29) is 5.02 Å². The molecule has 0 saturated carbocycles. The number of benzene rings is 1. The molecule has 100 valence electrons. The molecule has 2 rings (SSSR count). The number of halogens is 5. The molecule has 0 spiro atoms. The lowest BCUT2D eigenvalue weighted by Gasteiger charge is -2.08. The first-order chi connectivity index (χ1) is 8.99. The van der Waals surface area contributed by atoms with Crippen LogP contribution in [0.4, 0.5) is 13.2 Å². The summed E-state index contributed by atoms with van der Waals surface area (Å²) >= 11 is 11.8. The van der Waals surface area contributed by atoms with Gasteiger partial charge in [-0.2, -0.15) is 8.78 Å². The standard InChI is InChI=1S/C12H6Cl2F3NO/c13-8-3-1-2-7(10(8)14)6-4-9(15)11(18-5-6)19-12(16)17/h1-5,12H. The maximum Gasteiger partial charge on any atom is 0.388 e. The van der Waals surface area contributed by atoms with Crippen LogP contribution in [0.15, 0.2) is 30.5 Å². The average molecular weight is 308 g/mol. The van der Waals surface area contributed by atoms with Crippen molar-refractivity contribution < 1.29 is 17.9 Å². The van der Waals surface area contributed by atoms with Gasteiger partial charge in [0, 0.05) is 17.3 Å². The second-order valence-electron chi connectivity index (χ2n) is 3.49. The highest BCUT2D eigenvalue weighted by atomic mass is 35.5. The van der Waals surface area contributed by atoms with Crippen molar-refractivity contribution in [2.75, 3.05) is 0 Å². The Kier molecular flexibility index (Phi) is 4.17. The molecule has 2 nitrogen and oxygen atoms in total. The first-order valence-corrected chi connectivity index (χ1v) is 5.79. The van der Waals surface area contributed by atoms with E-state index in [0.29, 0.717) is 16.1 Å². The number of aromatic nitrogens is 1. The fraction of sp³-hybridized carbons (Fsp3) is 0.0833. The van der Waals surface area contributed by atoms with E-state index < -0.39 is 18.3 Å². The van der Waals surface area contributed by atoms with Gasteiger partial charge in [0.05, 0.1) is 10.0 Å². The van der Waals surface area contributed by atoms with Crippen molar-refractivity contribution in [1.82, 2.24) is 4.98 Å². The summed E-state index contributed by atoms with van der Waals surface area (Å²) in [5.41, 5.74) is 0.760. The monoisotopic (exact) mass is 307 g/mol. The molecule has 0 saturated heterocycles. The predicted octanol–water partition coefficient (Wildman–Crippen LogP) is 4.80. The Balaban J connectivity index is 2.42. The van der Waals surface area contributed by atoms with Crippen LogP contribution in [0.5, 0.6) is 5.88 Å². The van der Waals surface area contributed by atoms with Crippen molar-refractivity contribution in [3.8, 4) is 17.0 Å². The van der Waals surface area contributed by atoms with Gasteiger partial charge in [-0.05, 0) is 12.1 Å². The highest BCUT2D eigenvalue weighted by Crippen LogP contribution is 2.34. The van der Waals surface area contributed by atoms with Gasteiger partial charge in [-0.15, -0.1) is 0 Å². The van der Waals surface area contributed by atoms with E-state index in [0.717, 1.165) is 6.07 Å². The fourth-order valence-corrected chi connectivity index (χ4v) is 1.88. The van der Waals surface area contributed by atoms with Gasteiger partial charge in [0.15, 0.2) is 5.82 Å². The molecular weight excluding hydrogens is 302 g/mol. The van der Waals surface area contributed by atoms with Crippen LogP contribution in [0.1, 0.15) is 0 Å². The zero-order valence-corrected chi connectivity index (χ0v) is 10.7. The summed E-state index contributed by atoms with van der Waals surface area (Å²) < 4.78 is 41.4. The number of ether oxygens (including phenoxy) is 1. The van der Waals surface area contributed by atoms with Crippen LogP contribution in [-0.2, 0) is 0 Å². The number of rotatable bonds is 3. The Labute approximate surface area is 116 Å². The van der Waals surface area contributed by atoms with Gasteiger partial charge < -0.3 is 4.74 Å². The maximum atomic E-state index is 13.5. The first kappa shape index (κ1) is 14.0. The zero-order chi connectivity index (χ0) is 14.0. The largest absolute Gasteiger partial charge is 0.414 e. The summed E-state index contributed by atoms with van der Waals surface area (Å²) in [6, 6.07) is 5.82. The smallest absolute Gasteiger partial charge is 0.388 e. The summed E-state index contributed by atoms with van der Waals surface area (Å²) in [4.78, 5) is 3.49. The van der Waals surface area contributed by atoms with E-state index in [2.05, 4.69) is 9.72 Å². The lowest BCUT2D eigenvalue weighted by Crippen LogP contribution is -2.05. The summed E-state index contributed by atoms with van der Waals surface area (Å²) in [5.74, 6) is -1.77. The van der Waals surface area contributed by atoms with Crippen LogP contribution in [-0.4, -0.2) is 11.6 Å². The SMILES string of the molecule is Fc1cc(-c2cccc(Cl)c2Cl)cnc1OC(F)F. The van der Waals surface area contributed by atoms with Crippen LogP contribution in [0.25, 0.3) is 11.1 Å². The molecule has 0 N–H and O–H groups in total. The van der Waals surface area contributed by atoms with E-state index in [1.54, 1.807) is 18.2 Å². The summed E-state index contributed by atoms with van der Waals surface area (Å²) in [5, 5.41) is 0.528. The minimum atomic E-state index is -3.14. The van der Waals surface area contributed by atoms with Crippen molar-refractivity contribution in [1.29, 1.82) is 0 Å². The third-order valence-corrected chi connectivity index (χ3v) is 3.09. The van der Waals surface area contributed by atoms with Gasteiger partial charge in [0.2, 0.25) is 0 Å². The molecule has 0 aliphatic rings. The van der Waals surface area contributed by atoms with Gasteiger partial charge in [0.1, 0.15) is 0 Å². The number of alkyl halides is 2. The molecule has 2 aromatic rings. The summed E-state index contributed by atoms with van der Waals surface area (Å²) in [6.45, 7) is -3.14. The Morgan fingerprint density at radius 3 is 2.58 bits per heavy atom. The number of pyridine rings is 1. The molecule has 0 radical (unpaired) electrons. The number of hydrogen-bond acceptors (Lipinski definition) is 2. The van der Waals surface area contributed by atoms with Gasteiger partial charge in [-0.25, -0.2) is 9.37 Å². The normalized spacial score (nSPS) is 10.8. The molecule has 0 bridgehead atoms. The lowest BCUT2D eigenvalue weighted by atomic mass is 10.1. The van der Waals surface area contributed by atoms with Gasteiger partial charge >= 0.3 is 6.61 Å². The zero-order valence-electron chi connectivity index (χ0n) is 9.21. The lowest BCUT2D eigenvalue weighted by molar-refractivity contribution is -0.0553. The number of nitrogens with zero attached hydrogens (tertiary/aromatic N) is 1. The average Bonchev–Trinajstić information content (AvgIpc) is 2.35. The highest BCUT2D eigenvalue weighted by molar-refractivity contribution is 6.43. The van der Waals surface area contributed by atoms with E-state index in [1.807, 2.05) is 0 Å². The molecule has 0 fully saturated rings. The Morgan fingerprint density at radius 2 is 1.95 bits per heavy atom. The van der Waals surface area contributed by atoms with Crippen molar-refractivity contribution in [3.63, 3.8) is 0 Å². The van der Waals surface area contributed by atoms with Crippen molar-refractivity contribution >= 4 is 23.2 Å². The van der Waals surface area contributed by atoms with E-state index in [4.69, 9.17) is 23.2 Å². The molecule has 0 atom stereocenters. The minimum Gasteiger partial charge on any atom is -0.414 e. The third-order valence-electron chi connectivity index (χ3n) is 2.27. The third kappa shape index (κ3) is 3.11. The van der Waals surface area contributed by atoms with Gasteiger partial charge in [-0.1, -0.05) is 35.3 Å². The van der Waals surface area contributed by atoms with E-state index >= 15 is 0 Å². The van der Waals surface area contributed by atoms with Crippen LogP contribution in [0, 0.1) is 5.82 Å². The molecule has 0 aliphatic carbocycles. The quantitative estimate of drug-likeness (QED) is 0.813. The van der Waals surface area contributed by atoms with Crippen LogP contribution < -0.4 is 4.74 Å². The predicted molar refractivity (Wildman–Crippen MR) is 66.3 cm³/mol. The molecule has 0 amide bonds. The fourth-order valence-electron chi connectivity index (χ4n) is 1.47. The van der Waals surface area contributed by atoms with E-state index in [9.17, 15) is 13.2 Å². The second kappa shape index (κ2) is 5.67. The van der Waals surface area contributed by atoms with Crippen molar-refractivity contribution in [2.45, 2.75) is 6.61 Å². The Bertz CT molecular complexity index is 608. The van der Waals surface area contributed by atoms with Crippen LogP contribution in [0.2, 0.25) is 10.0 Å². The molecule has 1 aromatic carbocycles. The topological polar surface area (TPSA) is 22.1 Å². The van der Waals surface area contributed by atoms with Gasteiger partial charge in [-0.3, -0.25) is 0 Å². The Morgan fingerprint density at radius 1 is 1.21 bits per heavy atom. The van der Waals surface area contributed by atoms with E-state index in [1.165, 1.54) is 6.20 Å². The molecule has 1 aromatic heterocycles. The molecule has 0 unspecified atom stereocenters. The van der Waals surface area contributed by atoms with Crippen molar-refractivity contribution in [3.05, 3.63) is 46.3 Å². The molecular formula is C12H6Cl2F3NO. The highest BCUT2D eigenvalue weighted by Gasteiger charge is 2.14. The summed E-state index contributed by atoms with van der Waals surface area (Å²) in [6.07, 6.45) is 1.18. The summed E-state index contributed by atoms with van der Waals surface area (Å²) in [7, 11) is 0. The molecule has 1 heterocycles.